The molecule has 1 aromatic carbocycles. The Morgan fingerprint density at radius 3 is 2.77 bits per heavy atom. The maximum atomic E-state index is 14.2. The van der Waals surface area contributed by atoms with Crippen LogP contribution < -0.4 is 5.32 Å². The van der Waals surface area contributed by atoms with Crippen LogP contribution in [-0.4, -0.2) is 18.0 Å². The van der Waals surface area contributed by atoms with E-state index in [4.69, 9.17) is 4.74 Å². The molecule has 1 amide bonds. The molecule has 0 aromatic heterocycles. The topological polar surface area (TPSA) is 55.4 Å². The van der Waals surface area contributed by atoms with Crippen LogP contribution in [0, 0.1) is 5.82 Å². The van der Waals surface area contributed by atoms with Crippen molar-refractivity contribution < 1.29 is 18.7 Å². The van der Waals surface area contributed by atoms with Crippen LogP contribution in [0.25, 0.3) is 0 Å². The molecule has 1 heterocycles. The number of allylic oxidation sites excluding steroid dienone is 1. The summed E-state index contributed by atoms with van der Waals surface area (Å²) in [5.74, 6) is -1.89. The molecular weight excluding hydrogens is 353 g/mol. The number of halogens is 2. The zero-order chi connectivity index (χ0) is 16.4. The molecule has 0 bridgehead atoms. The maximum absolute atomic E-state index is 14.2. The third-order valence-corrected chi connectivity index (χ3v) is 3.86. The molecular formula is C16H17BrFNO3. The van der Waals surface area contributed by atoms with Crippen molar-refractivity contribution in [3.05, 3.63) is 45.3 Å². The van der Waals surface area contributed by atoms with Crippen molar-refractivity contribution in [2.45, 2.75) is 39.2 Å². The van der Waals surface area contributed by atoms with Crippen molar-refractivity contribution in [1.29, 1.82) is 0 Å². The largest absolute Gasteiger partial charge is 0.460 e. The molecule has 1 atom stereocenters. The van der Waals surface area contributed by atoms with Gasteiger partial charge >= 0.3 is 5.97 Å². The summed E-state index contributed by atoms with van der Waals surface area (Å²) >= 11 is 3.29. The van der Waals surface area contributed by atoms with Gasteiger partial charge in [0.05, 0.1) is 11.7 Å². The van der Waals surface area contributed by atoms with Gasteiger partial charge in [0.25, 0.3) is 0 Å². The number of carbonyl (C=O) groups excluding carboxylic acids is 2. The van der Waals surface area contributed by atoms with E-state index < -0.39 is 17.7 Å². The van der Waals surface area contributed by atoms with Gasteiger partial charge in [0.2, 0.25) is 5.91 Å². The number of rotatable bonds is 3. The quantitative estimate of drug-likeness (QED) is 0.830. The van der Waals surface area contributed by atoms with Gasteiger partial charge in [-0.25, -0.2) is 9.18 Å². The first-order valence-electron chi connectivity index (χ1n) is 6.96. The predicted molar refractivity (Wildman–Crippen MR) is 83.5 cm³/mol. The lowest BCUT2D eigenvalue weighted by atomic mass is 9.84. The Labute approximate surface area is 136 Å². The molecule has 1 aliphatic heterocycles. The standard InChI is InChI=1S/C16H17BrFNO3/c1-8(2)22-16(21)15-9(3)19-14(20)7-12(15)11-6-10(17)4-5-13(11)18/h4-6,8,12H,7H2,1-3H3,(H,19,20)/t12-/m1/s1. The first-order valence-corrected chi connectivity index (χ1v) is 7.75. The number of hydrogen-bond donors (Lipinski definition) is 1. The summed E-state index contributed by atoms with van der Waals surface area (Å²) in [6.45, 7) is 5.10. The number of hydrogen-bond acceptors (Lipinski definition) is 3. The second-order valence-electron chi connectivity index (χ2n) is 5.46. The Balaban J connectivity index is 2.50. The van der Waals surface area contributed by atoms with Crippen LogP contribution in [0.15, 0.2) is 33.9 Å². The molecule has 0 saturated heterocycles. The Morgan fingerprint density at radius 2 is 2.14 bits per heavy atom. The van der Waals surface area contributed by atoms with Gasteiger partial charge in [-0.05, 0) is 44.5 Å². The van der Waals surface area contributed by atoms with Crippen LogP contribution in [0.1, 0.15) is 38.7 Å². The molecule has 1 aromatic rings. The minimum absolute atomic E-state index is 0.00718. The zero-order valence-corrected chi connectivity index (χ0v) is 14.2. The molecule has 0 radical (unpaired) electrons. The molecule has 0 spiro atoms. The van der Waals surface area contributed by atoms with E-state index in [-0.39, 0.29) is 18.4 Å². The fourth-order valence-electron chi connectivity index (χ4n) is 2.50. The third kappa shape index (κ3) is 3.55. The molecule has 4 nitrogen and oxygen atoms in total. The predicted octanol–water partition coefficient (Wildman–Crippen LogP) is 3.42. The smallest absolute Gasteiger partial charge is 0.336 e. The van der Waals surface area contributed by atoms with E-state index in [1.165, 1.54) is 6.07 Å². The normalized spacial score (nSPS) is 18.5. The number of ether oxygens (including phenoxy) is 1. The fraction of sp³-hybridized carbons (Fsp3) is 0.375. The molecule has 1 aliphatic rings. The van der Waals surface area contributed by atoms with Crippen molar-refractivity contribution in [1.82, 2.24) is 5.32 Å². The molecule has 118 valence electrons. The van der Waals surface area contributed by atoms with Crippen LogP contribution in [0.2, 0.25) is 0 Å². The highest BCUT2D eigenvalue weighted by atomic mass is 79.9. The molecule has 0 fully saturated rings. The summed E-state index contributed by atoms with van der Waals surface area (Å²) in [5, 5.41) is 2.62. The summed E-state index contributed by atoms with van der Waals surface area (Å²) in [5.41, 5.74) is 1.01. The van der Waals surface area contributed by atoms with E-state index in [2.05, 4.69) is 21.2 Å². The number of benzene rings is 1. The van der Waals surface area contributed by atoms with E-state index in [9.17, 15) is 14.0 Å². The van der Waals surface area contributed by atoms with Gasteiger partial charge in [-0.3, -0.25) is 4.79 Å². The molecule has 0 unspecified atom stereocenters. The highest BCUT2D eigenvalue weighted by Crippen LogP contribution is 2.36. The van der Waals surface area contributed by atoms with Crippen LogP contribution in [0.5, 0.6) is 0 Å². The first-order chi connectivity index (χ1) is 10.3. The first kappa shape index (κ1) is 16.7. The van der Waals surface area contributed by atoms with Gasteiger partial charge in [0, 0.05) is 22.5 Å². The Hall–Kier alpha value is -1.69. The van der Waals surface area contributed by atoms with Gasteiger partial charge in [-0.2, -0.15) is 0 Å². The summed E-state index contributed by atoms with van der Waals surface area (Å²) in [6, 6.07) is 4.48. The van der Waals surface area contributed by atoms with Crippen molar-refractivity contribution >= 4 is 27.8 Å². The molecule has 0 saturated carbocycles. The fourth-order valence-corrected chi connectivity index (χ4v) is 2.88. The lowest BCUT2D eigenvalue weighted by Gasteiger charge is -2.27. The molecule has 22 heavy (non-hydrogen) atoms. The molecule has 2 rings (SSSR count). The summed E-state index contributed by atoms with van der Waals surface area (Å²) in [7, 11) is 0. The monoisotopic (exact) mass is 369 g/mol. The van der Waals surface area contributed by atoms with Gasteiger partial charge < -0.3 is 10.1 Å². The maximum Gasteiger partial charge on any atom is 0.336 e. The summed E-state index contributed by atoms with van der Waals surface area (Å²) in [4.78, 5) is 24.2. The van der Waals surface area contributed by atoms with E-state index in [0.29, 0.717) is 21.3 Å². The van der Waals surface area contributed by atoms with Gasteiger partial charge in [-0.1, -0.05) is 15.9 Å². The summed E-state index contributed by atoms with van der Waals surface area (Å²) in [6.07, 6.45) is -0.286. The van der Waals surface area contributed by atoms with Crippen LogP contribution >= 0.6 is 15.9 Å². The number of amides is 1. The van der Waals surface area contributed by atoms with E-state index >= 15 is 0 Å². The van der Waals surface area contributed by atoms with Crippen molar-refractivity contribution in [3.8, 4) is 0 Å². The average Bonchev–Trinajstić information content (AvgIpc) is 2.39. The van der Waals surface area contributed by atoms with Crippen molar-refractivity contribution in [3.63, 3.8) is 0 Å². The van der Waals surface area contributed by atoms with Crippen LogP contribution in [0.4, 0.5) is 4.39 Å². The van der Waals surface area contributed by atoms with Crippen LogP contribution in [-0.2, 0) is 14.3 Å². The summed E-state index contributed by atoms with van der Waals surface area (Å²) < 4.78 is 20.1. The van der Waals surface area contributed by atoms with E-state index in [0.717, 1.165) is 0 Å². The number of esters is 1. The molecule has 6 heteroatoms. The Kier molecular flexibility index (Phi) is 5.01. The number of carbonyl (C=O) groups is 2. The SMILES string of the molecule is CC1=C(C(=O)OC(C)C)[C@@H](c2cc(Br)ccc2F)CC(=O)N1. The van der Waals surface area contributed by atoms with E-state index in [1.54, 1.807) is 32.9 Å². The minimum Gasteiger partial charge on any atom is -0.460 e. The highest BCUT2D eigenvalue weighted by molar-refractivity contribution is 9.10. The second-order valence-corrected chi connectivity index (χ2v) is 6.38. The van der Waals surface area contributed by atoms with E-state index in [1.807, 2.05) is 0 Å². The zero-order valence-electron chi connectivity index (χ0n) is 12.6. The van der Waals surface area contributed by atoms with Gasteiger partial charge in [0.15, 0.2) is 0 Å². The third-order valence-electron chi connectivity index (χ3n) is 3.37. The molecule has 1 N–H and O–H groups in total. The highest BCUT2D eigenvalue weighted by Gasteiger charge is 2.34. The lowest BCUT2D eigenvalue weighted by molar-refractivity contribution is -0.143. The lowest BCUT2D eigenvalue weighted by Crippen LogP contribution is -2.35. The molecule has 0 aliphatic carbocycles. The van der Waals surface area contributed by atoms with Crippen molar-refractivity contribution in [2.75, 3.05) is 0 Å². The number of nitrogens with one attached hydrogen (secondary N) is 1. The van der Waals surface area contributed by atoms with Gasteiger partial charge in [0.1, 0.15) is 5.82 Å². The Bertz CT molecular complexity index is 655. The van der Waals surface area contributed by atoms with Gasteiger partial charge in [-0.15, -0.1) is 0 Å². The minimum atomic E-state index is -0.655. The van der Waals surface area contributed by atoms with Crippen LogP contribution in [0.3, 0.4) is 0 Å². The Morgan fingerprint density at radius 1 is 1.45 bits per heavy atom. The second kappa shape index (κ2) is 6.60. The van der Waals surface area contributed by atoms with Crippen molar-refractivity contribution in [2.24, 2.45) is 0 Å². The average molecular weight is 370 g/mol.